The summed E-state index contributed by atoms with van der Waals surface area (Å²) in [4.78, 5) is 2.70. The van der Waals surface area contributed by atoms with Gasteiger partial charge in [-0.3, -0.25) is 0 Å². The van der Waals surface area contributed by atoms with Crippen molar-refractivity contribution in [3.05, 3.63) is 72.1 Å². The molecule has 0 aliphatic carbocycles. The molecule has 1 nitrogen and oxygen atoms in total. The van der Waals surface area contributed by atoms with Crippen LogP contribution in [0.2, 0.25) is 0 Å². The van der Waals surface area contributed by atoms with E-state index < -0.39 is 0 Å². The maximum absolute atomic E-state index is 3.70. The first-order valence-electron chi connectivity index (χ1n) is 6.33. The van der Waals surface area contributed by atoms with Gasteiger partial charge in [-0.1, -0.05) is 12.1 Å². The molecule has 3 aromatic rings. The van der Waals surface area contributed by atoms with Gasteiger partial charge >= 0.3 is 0 Å². The van der Waals surface area contributed by atoms with Crippen molar-refractivity contribution < 1.29 is 0 Å². The minimum atomic E-state index is 0.244. The summed E-state index contributed by atoms with van der Waals surface area (Å²) < 4.78 is 1.27. The van der Waals surface area contributed by atoms with Crippen molar-refractivity contribution in [2.75, 3.05) is 5.32 Å². The minimum absolute atomic E-state index is 0.244. The molecule has 0 bridgehead atoms. The van der Waals surface area contributed by atoms with Crippen molar-refractivity contribution in [2.24, 2.45) is 0 Å². The third kappa shape index (κ3) is 3.07. The quantitative estimate of drug-likeness (QED) is 0.525. The molecule has 2 aromatic heterocycles. The number of halogens is 1. The topological polar surface area (TPSA) is 12.0 Å². The Bertz CT molecular complexity index is 640. The van der Waals surface area contributed by atoms with Crippen molar-refractivity contribution in [1.82, 2.24) is 0 Å². The zero-order chi connectivity index (χ0) is 13.9. The zero-order valence-electron chi connectivity index (χ0n) is 11.0. The number of rotatable bonds is 4. The molecule has 4 heteroatoms. The Kier molecular flexibility index (Phi) is 4.43. The monoisotopic (exact) mass is 411 g/mol. The maximum Gasteiger partial charge on any atom is 0.0953 e. The molecule has 102 valence electrons. The van der Waals surface area contributed by atoms with Crippen molar-refractivity contribution in [3.8, 4) is 0 Å². The highest BCUT2D eigenvalue weighted by Gasteiger charge is 2.16. The highest BCUT2D eigenvalue weighted by atomic mass is 127. The molecule has 2 heterocycles. The second kappa shape index (κ2) is 6.28. The van der Waals surface area contributed by atoms with Crippen LogP contribution in [-0.4, -0.2) is 0 Å². The van der Waals surface area contributed by atoms with Crippen molar-refractivity contribution in [3.63, 3.8) is 0 Å². The van der Waals surface area contributed by atoms with E-state index in [9.17, 15) is 0 Å². The standard InChI is InChI=1S/C16H14INS2/c1-11-10-12(17)6-7-13(11)18-16(14-4-2-8-19-14)15-5-3-9-20-15/h2-10,16,18H,1H3. The predicted molar refractivity (Wildman–Crippen MR) is 98.0 cm³/mol. The van der Waals surface area contributed by atoms with E-state index >= 15 is 0 Å². The summed E-state index contributed by atoms with van der Waals surface area (Å²) in [7, 11) is 0. The highest BCUT2D eigenvalue weighted by Crippen LogP contribution is 2.33. The molecule has 0 unspecified atom stereocenters. The van der Waals surface area contributed by atoms with E-state index in [1.807, 2.05) is 0 Å². The molecule has 0 aliphatic rings. The Balaban J connectivity index is 1.95. The summed E-state index contributed by atoms with van der Waals surface area (Å²) in [5.41, 5.74) is 2.49. The molecule has 3 rings (SSSR count). The van der Waals surface area contributed by atoms with Crippen LogP contribution >= 0.6 is 45.3 Å². The fourth-order valence-corrected chi connectivity index (χ4v) is 4.45. The predicted octanol–water partition coefficient (Wildman–Crippen LogP) is 5.92. The number of nitrogens with one attached hydrogen (secondary N) is 1. The van der Waals surface area contributed by atoms with Gasteiger partial charge in [-0.05, 0) is 76.2 Å². The van der Waals surface area contributed by atoms with Crippen LogP contribution in [0.5, 0.6) is 0 Å². The summed E-state index contributed by atoms with van der Waals surface area (Å²) >= 11 is 5.95. The molecule has 0 aliphatic heterocycles. The van der Waals surface area contributed by atoms with Crippen molar-refractivity contribution in [1.29, 1.82) is 0 Å². The summed E-state index contributed by atoms with van der Waals surface area (Å²) in [5, 5.41) is 7.97. The lowest BCUT2D eigenvalue weighted by Gasteiger charge is -2.19. The summed E-state index contributed by atoms with van der Waals surface area (Å²) in [5.74, 6) is 0. The average molecular weight is 411 g/mol. The first kappa shape index (κ1) is 14.1. The van der Waals surface area contributed by atoms with Crippen molar-refractivity contribution in [2.45, 2.75) is 13.0 Å². The van der Waals surface area contributed by atoms with Crippen molar-refractivity contribution >= 4 is 51.0 Å². The molecule has 20 heavy (non-hydrogen) atoms. The highest BCUT2D eigenvalue weighted by molar-refractivity contribution is 14.1. The molecule has 0 fully saturated rings. The largest absolute Gasteiger partial charge is 0.373 e. The molecule has 0 atom stereocenters. The summed E-state index contributed by atoms with van der Waals surface area (Å²) in [6.45, 7) is 2.16. The van der Waals surface area contributed by atoms with Crippen LogP contribution < -0.4 is 5.32 Å². The maximum atomic E-state index is 3.70. The second-order valence-corrected chi connectivity index (χ2v) is 7.77. The second-order valence-electron chi connectivity index (χ2n) is 4.57. The van der Waals surface area contributed by atoms with Crippen LogP contribution in [0.25, 0.3) is 0 Å². The smallest absolute Gasteiger partial charge is 0.0953 e. The van der Waals surface area contributed by atoms with Crippen LogP contribution in [0.4, 0.5) is 5.69 Å². The molecular formula is C16H14INS2. The van der Waals surface area contributed by atoms with Crippen LogP contribution in [0.1, 0.15) is 21.4 Å². The molecular weight excluding hydrogens is 397 g/mol. The van der Waals surface area contributed by atoms with E-state index in [-0.39, 0.29) is 6.04 Å². The minimum Gasteiger partial charge on any atom is -0.373 e. The Morgan fingerprint density at radius 3 is 2.15 bits per heavy atom. The van der Waals surface area contributed by atoms with E-state index in [0.717, 1.165) is 0 Å². The third-order valence-electron chi connectivity index (χ3n) is 3.14. The van der Waals surface area contributed by atoms with Crippen LogP contribution in [0.3, 0.4) is 0 Å². The van der Waals surface area contributed by atoms with Gasteiger partial charge in [0.15, 0.2) is 0 Å². The van der Waals surface area contributed by atoms with Crippen LogP contribution in [0.15, 0.2) is 53.2 Å². The molecule has 1 N–H and O–H groups in total. The van der Waals surface area contributed by atoms with Gasteiger partial charge in [0.2, 0.25) is 0 Å². The average Bonchev–Trinajstić information content (AvgIpc) is 3.11. The number of anilines is 1. The fourth-order valence-electron chi connectivity index (χ4n) is 2.14. The molecule has 0 spiro atoms. The number of hydrogen-bond acceptors (Lipinski definition) is 3. The number of aryl methyl sites for hydroxylation is 1. The Morgan fingerprint density at radius 1 is 1.00 bits per heavy atom. The van der Waals surface area contributed by atoms with E-state index in [4.69, 9.17) is 0 Å². The number of hydrogen-bond donors (Lipinski definition) is 1. The molecule has 0 saturated heterocycles. The van der Waals surface area contributed by atoms with Crippen LogP contribution in [0, 0.1) is 10.5 Å². The summed E-state index contributed by atoms with van der Waals surface area (Å²) in [6.07, 6.45) is 0. The fraction of sp³-hybridized carbons (Fsp3) is 0.125. The van der Waals surface area contributed by atoms with E-state index in [1.54, 1.807) is 22.7 Å². The van der Waals surface area contributed by atoms with Gasteiger partial charge in [0, 0.05) is 19.0 Å². The van der Waals surface area contributed by atoms with Gasteiger partial charge in [-0.15, -0.1) is 22.7 Å². The number of benzene rings is 1. The number of thiophene rings is 2. The van der Waals surface area contributed by atoms with Gasteiger partial charge in [0.05, 0.1) is 6.04 Å². The van der Waals surface area contributed by atoms with Gasteiger partial charge in [0.1, 0.15) is 0 Å². The third-order valence-corrected chi connectivity index (χ3v) is 5.69. The van der Waals surface area contributed by atoms with Crippen LogP contribution in [-0.2, 0) is 0 Å². The summed E-state index contributed by atoms with van der Waals surface area (Å²) in [6, 6.07) is 15.4. The van der Waals surface area contributed by atoms with Gasteiger partial charge in [0.25, 0.3) is 0 Å². The Labute approximate surface area is 140 Å². The molecule has 0 amide bonds. The lowest BCUT2D eigenvalue weighted by molar-refractivity contribution is 0.988. The first-order chi connectivity index (χ1) is 9.74. The van der Waals surface area contributed by atoms with E-state index in [1.165, 1.54) is 24.6 Å². The van der Waals surface area contributed by atoms with E-state index in [2.05, 4.69) is 88.1 Å². The molecule has 0 radical (unpaired) electrons. The Morgan fingerprint density at radius 2 is 1.65 bits per heavy atom. The van der Waals surface area contributed by atoms with E-state index in [0.29, 0.717) is 0 Å². The lowest BCUT2D eigenvalue weighted by atomic mass is 10.1. The van der Waals surface area contributed by atoms with Gasteiger partial charge in [-0.2, -0.15) is 0 Å². The Hall–Kier alpha value is -0.850. The molecule has 1 aromatic carbocycles. The first-order valence-corrected chi connectivity index (χ1v) is 9.17. The lowest BCUT2D eigenvalue weighted by Crippen LogP contribution is -2.10. The van der Waals surface area contributed by atoms with Gasteiger partial charge in [-0.25, -0.2) is 0 Å². The SMILES string of the molecule is Cc1cc(I)ccc1NC(c1cccs1)c1cccs1. The van der Waals surface area contributed by atoms with Gasteiger partial charge < -0.3 is 5.32 Å². The normalized spacial score (nSPS) is 10.9. The zero-order valence-corrected chi connectivity index (χ0v) is 14.8. The molecule has 0 saturated carbocycles.